The van der Waals surface area contributed by atoms with E-state index in [0.717, 1.165) is 31.7 Å². The monoisotopic (exact) mass is 521 g/mol. The number of likely N-dealkylation sites (N-methyl/N-ethyl adjacent to an activating group) is 1. The second-order valence-electron chi connectivity index (χ2n) is 10.2. The van der Waals surface area contributed by atoms with Crippen LogP contribution in [0.2, 0.25) is 0 Å². The molecule has 0 aliphatic carbocycles. The van der Waals surface area contributed by atoms with E-state index < -0.39 is 5.54 Å². The summed E-state index contributed by atoms with van der Waals surface area (Å²) in [6, 6.07) is 10.0. The Balaban J connectivity index is 1.47. The summed E-state index contributed by atoms with van der Waals surface area (Å²) in [7, 11) is 2.05. The molecule has 2 aromatic carbocycles. The fraction of sp³-hybridized carbons (Fsp3) is 0.429. The number of anilines is 2. The fourth-order valence-corrected chi connectivity index (χ4v) is 5.40. The van der Waals surface area contributed by atoms with Gasteiger partial charge in [0.05, 0.1) is 6.57 Å². The van der Waals surface area contributed by atoms with Gasteiger partial charge in [0.15, 0.2) is 10.8 Å². The lowest BCUT2D eigenvalue weighted by atomic mass is 10.0. The van der Waals surface area contributed by atoms with Gasteiger partial charge in [-0.15, -0.1) is 0 Å². The molecule has 0 bridgehead atoms. The summed E-state index contributed by atoms with van der Waals surface area (Å²) >= 11 is 5.70. The number of aryl methyl sites for hydroxylation is 2. The zero-order chi connectivity index (χ0) is 26.9. The zero-order valence-corrected chi connectivity index (χ0v) is 22.6. The Labute approximate surface area is 223 Å². The SMILES string of the molecule is [C-]#[N+]c1ccc(N2C(=O)C(C)(C)N(c3ccc(CCCC(=O)N4CCN(C)CC4)c(F)c3)C2=S)cc1C. The van der Waals surface area contributed by atoms with Crippen molar-refractivity contribution in [3.05, 3.63) is 64.8 Å². The van der Waals surface area contributed by atoms with Crippen molar-refractivity contribution in [3.8, 4) is 0 Å². The van der Waals surface area contributed by atoms with E-state index in [4.69, 9.17) is 18.8 Å². The van der Waals surface area contributed by atoms with E-state index in [1.165, 1.54) is 11.0 Å². The van der Waals surface area contributed by atoms with Crippen LogP contribution in [0.25, 0.3) is 4.85 Å². The van der Waals surface area contributed by atoms with Gasteiger partial charge in [-0.2, -0.15) is 0 Å². The molecule has 7 nitrogen and oxygen atoms in total. The van der Waals surface area contributed by atoms with E-state index in [0.29, 0.717) is 41.9 Å². The van der Waals surface area contributed by atoms with Gasteiger partial charge >= 0.3 is 0 Å². The summed E-state index contributed by atoms with van der Waals surface area (Å²) in [5, 5.41) is 0.259. The van der Waals surface area contributed by atoms with Crippen LogP contribution in [0.5, 0.6) is 0 Å². The summed E-state index contributed by atoms with van der Waals surface area (Å²) in [6.07, 6.45) is 1.42. The van der Waals surface area contributed by atoms with E-state index >= 15 is 4.39 Å². The number of nitrogens with zero attached hydrogens (tertiary/aromatic N) is 5. The van der Waals surface area contributed by atoms with Crippen molar-refractivity contribution in [1.82, 2.24) is 9.80 Å². The number of carbonyl (C=O) groups excluding carboxylic acids is 2. The topological polar surface area (TPSA) is 51.5 Å². The highest BCUT2D eigenvalue weighted by atomic mass is 32.1. The Bertz CT molecular complexity index is 1280. The van der Waals surface area contributed by atoms with Gasteiger partial charge in [0.2, 0.25) is 5.91 Å². The molecule has 0 spiro atoms. The minimum atomic E-state index is -1.02. The van der Waals surface area contributed by atoms with Crippen LogP contribution >= 0.6 is 12.2 Å². The molecule has 2 aliphatic rings. The van der Waals surface area contributed by atoms with E-state index in [9.17, 15) is 9.59 Å². The summed E-state index contributed by atoms with van der Waals surface area (Å²) in [5.74, 6) is -0.488. The number of carbonyl (C=O) groups is 2. The summed E-state index contributed by atoms with van der Waals surface area (Å²) < 4.78 is 15.2. The van der Waals surface area contributed by atoms with E-state index in [1.54, 1.807) is 49.1 Å². The first kappa shape index (κ1) is 26.7. The molecule has 2 heterocycles. The third kappa shape index (κ3) is 5.22. The number of thiocarbonyl (C=S) groups is 1. The highest BCUT2D eigenvalue weighted by Crippen LogP contribution is 2.38. The number of halogens is 1. The largest absolute Gasteiger partial charge is 0.340 e. The van der Waals surface area contributed by atoms with Crippen molar-refractivity contribution in [3.63, 3.8) is 0 Å². The van der Waals surface area contributed by atoms with Gasteiger partial charge in [0.25, 0.3) is 5.91 Å². The minimum absolute atomic E-state index is 0.118. The first-order valence-electron chi connectivity index (χ1n) is 12.5. The lowest BCUT2D eigenvalue weighted by Crippen LogP contribution is -2.47. The quantitative estimate of drug-likeness (QED) is 0.408. The lowest BCUT2D eigenvalue weighted by Gasteiger charge is -2.32. The van der Waals surface area contributed by atoms with Crippen LogP contribution in [-0.4, -0.2) is 65.5 Å². The summed E-state index contributed by atoms with van der Waals surface area (Å²) in [6.45, 7) is 15.8. The number of hydrogen-bond acceptors (Lipinski definition) is 4. The van der Waals surface area contributed by atoms with Gasteiger partial charge in [-0.05, 0) is 88.3 Å². The smallest absolute Gasteiger partial charge is 0.259 e. The number of amides is 2. The first-order chi connectivity index (χ1) is 17.5. The summed E-state index contributed by atoms with van der Waals surface area (Å²) in [4.78, 5) is 36.6. The molecular formula is C28H32FN5O2S. The van der Waals surface area contributed by atoms with Crippen LogP contribution in [0, 0.1) is 19.3 Å². The molecule has 9 heteroatoms. The van der Waals surface area contributed by atoms with Crippen LogP contribution in [0.3, 0.4) is 0 Å². The maximum Gasteiger partial charge on any atom is 0.259 e. The minimum Gasteiger partial charge on any atom is -0.340 e. The average Bonchev–Trinajstić information content (AvgIpc) is 3.03. The molecule has 0 radical (unpaired) electrons. The number of benzene rings is 2. The molecule has 2 saturated heterocycles. The van der Waals surface area contributed by atoms with Crippen molar-refractivity contribution in [2.24, 2.45) is 0 Å². The fourth-order valence-electron chi connectivity index (χ4n) is 4.88. The van der Waals surface area contributed by atoms with E-state index in [-0.39, 0.29) is 22.7 Å². The molecule has 194 valence electrons. The van der Waals surface area contributed by atoms with Crippen molar-refractivity contribution in [2.45, 2.75) is 45.6 Å². The Morgan fingerprint density at radius 1 is 1.11 bits per heavy atom. The van der Waals surface area contributed by atoms with Crippen LogP contribution < -0.4 is 9.80 Å². The van der Waals surface area contributed by atoms with Crippen LogP contribution in [0.1, 0.15) is 37.8 Å². The van der Waals surface area contributed by atoms with Gasteiger partial charge in [-0.1, -0.05) is 12.1 Å². The molecule has 0 unspecified atom stereocenters. The van der Waals surface area contributed by atoms with E-state index in [1.807, 2.05) is 18.9 Å². The van der Waals surface area contributed by atoms with Gasteiger partial charge in [-0.25, -0.2) is 9.24 Å². The standard InChI is InChI=1S/C28H32FN5O2S/c1-19-17-21(11-12-24(19)30-4)33-26(36)28(2,3)34(27(33)37)22-10-9-20(23(29)18-22)7-6-8-25(35)32-15-13-31(5)14-16-32/h9-12,17-18H,6-8,13-16H2,1-3,5H3. The Kier molecular flexibility index (Phi) is 7.62. The zero-order valence-electron chi connectivity index (χ0n) is 21.8. The maximum atomic E-state index is 15.2. The number of piperazine rings is 1. The predicted octanol–water partition coefficient (Wildman–Crippen LogP) is 4.70. The summed E-state index contributed by atoms with van der Waals surface area (Å²) in [5.41, 5.74) is 1.85. The molecule has 2 aliphatic heterocycles. The van der Waals surface area contributed by atoms with Gasteiger partial charge < -0.3 is 14.7 Å². The van der Waals surface area contributed by atoms with Crippen molar-refractivity contribution < 1.29 is 14.0 Å². The van der Waals surface area contributed by atoms with Crippen LogP contribution in [0.15, 0.2) is 36.4 Å². The molecular weight excluding hydrogens is 489 g/mol. The Morgan fingerprint density at radius 2 is 1.78 bits per heavy atom. The maximum absolute atomic E-state index is 15.2. The predicted molar refractivity (Wildman–Crippen MR) is 147 cm³/mol. The molecule has 4 rings (SSSR count). The molecule has 2 amide bonds. The molecule has 0 saturated carbocycles. The van der Waals surface area contributed by atoms with Crippen molar-refractivity contribution >= 4 is 46.2 Å². The Hall–Kier alpha value is -3.35. The van der Waals surface area contributed by atoms with Gasteiger partial charge in [0, 0.05) is 44.0 Å². The third-order valence-corrected chi connectivity index (χ3v) is 7.58. The van der Waals surface area contributed by atoms with Crippen LogP contribution in [0.4, 0.5) is 21.5 Å². The molecule has 2 fully saturated rings. The van der Waals surface area contributed by atoms with E-state index in [2.05, 4.69) is 9.74 Å². The second kappa shape index (κ2) is 10.6. The number of hydrogen-bond donors (Lipinski definition) is 0. The Morgan fingerprint density at radius 3 is 2.41 bits per heavy atom. The third-order valence-electron chi connectivity index (χ3n) is 7.21. The average molecular weight is 522 g/mol. The van der Waals surface area contributed by atoms with Gasteiger partial charge in [0.1, 0.15) is 11.4 Å². The van der Waals surface area contributed by atoms with Crippen LogP contribution in [-0.2, 0) is 16.0 Å². The highest BCUT2D eigenvalue weighted by Gasteiger charge is 2.50. The van der Waals surface area contributed by atoms with Crippen molar-refractivity contribution in [2.75, 3.05) is 43.0 Å². The molecule has 0 atom stereocenters. The number of rotatable bonds is 6. The second-order valence-corrected chi connectivity index (χ2v) is 10.6. The van der Waals surface area contributed by atoms with Crippen molar-refractivity contribution in [1.29, 1.82) is 0 Å². The molecule has 37 heavy (non-hydrogen) atoms. The molecule has 0 aromatic heterocycles. The highest BCUT2D eigenvalue weighted by molar-refractivity contribution is 7.81. The van der Waals surface area contributed by atoms with Gasteiger partial charge in [-0.3, -0.25) is 14.5 Å². The first-order valence-corrected chi connectivity index (χ1v) is 12.9. The normalized spacial score (nSPS) is 17.9. The lowest BCUT2D eigenvalue weighted by molar-refractivity contribution is -0.132. The molecule has 0 N–H and O–H groups in total. The molecule has 2 aromatic rings.